The van der Waals surface area contributed by atoms with Gasteiger partial charge in [0.25, 0.3) is 0 Å². The zero-order chi connectivity index (χ0) is 17.1. The number of anilines is 1. The van der Waals surface area contributed by atoms with Gasteiger partial charge in [0.2, 0.25) is 0 Å². The van der Waals surface area contributed by atoms with Crippen LogP contribution in [0, 0.1) is 0 Å². The van der Waals surface area contributed by atoms with Gasteiger partial charge in [-0.25, -0.2) is 0 Å². The second-order valence-electron chi connectivity index (χ2n) is 5.78. The van der Waals surface area contributed by atoms with Crippen molar-refractivity contribution >= 4 is 22.2 Å². The molecule has 0 saturated heterocycles. The minimum atomic E-state index is -0.234. The summed E-state index contributed by atoms with van der Waals surface area (Å²) in [5, 5.41) is 10.3. The number of nitrogens with two attached hydrogens (primary N) is 1. The molecule has 1 unspecified atom stereocenters. The maximum Gasteiger partial charge on any atom is 0.165 e. The number of ketones is 1. The van der Waals surface area contributed by atoms with Gasteiger partial charge in [-0.2, -0.15) is 5.10 Å². The third-order valence-electron chi connectivity index (χ3n) is 4.14. The number of Topliss-reactive ketones (excluding diaryl/α,β-unsaturated/α-hetero) is 1. The largest absolute Gasteiger partial charge is 0.399 e. The van der Waals surface area contributed by atoms with Crippen LogP contribution in [-0.4, -0.2) is 29.7 Å². The van der Waals surface area contributed by atoms with Crippen molar-refractivity contribution in [2.75, 3.05) is 19.5 Å². The molecule has 5 nitrogen and oxygen atoms in total. The topological polar surface area (TPSA) is 78.1 Å². The molecule has 1 heterocycles. The van der Waals surface area contributed by atoms with Crippen molar-refractivity contribution in [2.24, 2.45) is 0 Å². The van der Waals surface area contributed by atoms with Gasteiger partial charge in [0, 0.05) is 35.1 Å². The maximum absolute atomic E-state index is 12.1. The van der Waals surface area contributed by atoms with Crippen LogP contribution in [0.1, 0.15) is 18.4 Å². The highest BCUT2D eigenvalue weighted by molar-refractivity contribution is 5.95. The average molecular weight is 321 g/mol. The molecule has 0 bridgehead atoms. The first-order valence-corrected chi connectivity index (χ1v) is 7.73. The van der Waals surface area contributed by atoms with Crippen molar-refractivity contribution in [2.45, 2.75) is 12.8 Å². The van der Waals surface area contributed by atoms with E-state index in [0.29, 0.717) is 5.69 Å². The van der Waals surface area contributed by atoms with Crippen molar-refractivity contribution in [1.29, 1.82) is 0 Å². The molecule has 0 saturated carbocycles. The predicted molar refractivity (Wildman–Crippen MR) is 94.7 cm³/mol. The summed E-state index contributed by atoms with van der Waals surface area (Å²) in [4.78, 5) is 12.1. The lowest BCUT2D eigenvalue weighted by Gasteiger charge is -2.12. The van der Waals surface area contributed by atoms with Gasteiger partial charge in [0.1, 0.15) is 12.3 Å². The summed E-state index contributed by atoms with van der Waals surface area (Å²) < 4.78 is 4.95. The number of carbonyl (C=O) groups is 1. The van der Waals surface area contributed by atoms with E-state index in [4.69, 9.17) is 10.5 Å². The Morgan fingerprint density at radius 2 is 1.96 bits per heavy atom. The molecule has 0 spiro atoms. The highest BCUT2D eigenvalue weighted by Crippen LogP contribution is 2.29. The summed E-state index contributed by atoms with van der Waals surface area (Å²) in [7, 11) is 1.53. The number of nitrogens with zero attached hydrogens (tertiary/aromatic N) is 2. The van der Waals surface area contributed by atoms with Gasteiger partial charge in [-0.15, -0.1) is 5.10 Å². The Hall–Kier alpha value is -2.79. The molecule has 2 aromatic carbocycles. The van der Waals surface area contributed by atoms with E-state index in [1.807, 2.05) is 49.4 Å². The molecule has 1 atom stereocenters. The van der Waals surface area contributed by atoms with E-state index in [-0.39, 0.29) is 18.3 Å². The first kappa shape index (κ1) is 16.1. The first-order valence-electron chi connectivity index (χ1n) is 7.73. The van der Waals surface area contributed by atoms with Gasteiger partial charge in [-0.1, -0.05) is 31.2 Å². The molecule has 0 aliphatic carbocycles. The summed E-state index contributed by atoms with van der Waals surface area (Å²) in [6.45, 7) is 2.00. The number of fused-ring (bicyclic) bond motifs is 1. The summed E-state index contributed by atoms with van der Waals surface area (Å²) in [5.41, 5.74) is 9.12. The van der Waals surface area contributed by atoms with E-state index < -0.39 is 0 Å². The second kappa shape index (κ2) is 6.76. The first-order chi connectivity index (χ1) is 11.6. The van der Waals surface area contributed by atoms with E-state index in [1.165, 1.54) is 7.11 Å². The molecule has 3 rings (SSSR count). The van der Waals surface area contributed by atoms with Crippen molar-refractivity contribution < 1.29 is 9.53 Å². The lowest BCUT2D eigenvalue weighted by Crippen LogP contribution is -2.14. The number of ether oxygens (including phenoxy) is 1. The molecule has 24 heavy (non-hydrogen) atoms. The van der Waals surface area contributed by atoms with Crippen molar-refractivity contribution in [3.05, 3.63) is 54.2 Å². The van der Waals surface area contributed by atoms with E-state index in [2.05, 4.69) is 10.2 Å². The van der Waals surface area contributed by atoms with Crippen LogP contribution in [0.25, 0.3) is 22.0 Å². The van der Waals surface area contributed by atoms with E-state index in [0.717, 1.165) is 27.6 Å². The van der Waals surface area contributed by atoms with Gasteiger partial charge < -0.3 is 10.5 Å². The van der Waals surface area contributed by atoms with Gasteiger partial charge in [-0.05, 0) is 23.8 Å². The quantitative estimate of drug-likeness (QED) is 0.730. The van der Waals surface area contributed by atoms with Crippen LogP contribution in [0.15, 0.2) is 48.7 Å². The number of benzene rings is 2. The van der Waals surface area contributed by atoms with Gasteiger partial charge in [0.15, 0.2) is 5.78 Å². The molecular weight excluding hydrogens is 302 g/mol. The van der Waals surface area contributed by atoms with Crippen LogP contribution in [0.5, 0.6) is 0 Å². The summed E-state index contributed by atoms with van der Waals surface area (Å²) in [6.07, 6.45) is 1.72. The van der Waals surface area contributed by atoms with Gasteiger partial charge in [0.05, 0.1) is 6.20 Å². The smallest absolute Gasteiger partial charge is 0.165 e. The van der Waals surface area contributed by atoms with Crippen LogP contribution >= 0.6 is 0 Å². The minimum Gasteiger partial charge on any atom is -0.399 e. The van der Waals surface area contributed by atoms with Crippen LogP contribution in [0.4, 0.5) is 5.69 Å². The monoisotopic (exact) mass is 321 g/mol. The number of hydrogen-bond acceptors (Lipinski definition) is 5. The number of nitrogen functional groups attached to an aromatic ring is 1. The molecule has 0 radical (unpaired) electrons. The van der Waals surface area contributed by atoms with Crippen LogP contribution in [0.3, 0.4) is 0 Å². The summed E-state index contributed by atoms with van der Waals surface area (Å²) in [6, 6.07) is 13.4. The molecule has 0 fully saturated rings. The maximum atomic E-state index is 12.1. The van der Waals surface area contributed by atoms with Gasteiger partial charge in [-0.3, -0.25) is 4.79 Å². The highest BCUT2D eigenvalue weighted by atomic mass is 16.5. The fourth-order valence-corrected chi connectivity index (χ4v) is 2.67. The zero-order valence-electron chi connectivity index (χ0n) is 13.7. The Kier molecular flexibility index (Phi) is 4.53. The van der Waals surface area contributed by atoms with E-state index in [9.17, 15) is 4.79 Å². The number of carbonyl (C=O) groups excluding carboxylic acids is 1. The zero-order valence-corrected chi connectivity index (χ0v) is 13.7. The fraction of sp³-hybridized carbons (Fsp3) is 0.211. The Bertz CT molecular complexity index is 875. The molecule has 5 heteroatoms. The standard InChI is InChI=1S/C19H19N3O2/c1-12(18(23)11-24-2)14-3-4-15-10-21-22-19(17(15)9-14)13-5-7-16(20)8-6-13/h3-10,12H,11,20H2,1-2H3. The van der Waals surface area contributed by atoms with Crippen molar-refractivity contribution in [1.82, 2.24) is 10.2 Å². The number of methoxy groups -OCH3 is 1. The Balaban J connectivity index is 2.09. The molecule has 0 amide bonds. The highest BCUT2D eigenvalue weighted by Gasteiger charge is 2.16. The summed E-state index contributed by atoms with van der Waals surface area (Å²) >= 11 is 0. The molecule has 1 aromatic heterocycles. The number of rotatable bonds is 5. The third-order valence-corrected chi connectivity index (χ3v) is 4.14. The average Bonchev–Trinajstić information content (AvgIpc) is 2.61. The SMILES string of the molecule is COCC(=O)C(C)c1ccc2cnnc(-c3ccc(N)cc3)c2c1. The van der Waals surface area contributed by atoms with Gasteiger partial charge >= 0.3 is 0 Å². The molecule has 3 aromatic rings. The van der Waals surface area contributed by atoms with Crippen LogP contribution in [-0.2, 0) is 9.53 Å². The van der Waals surface area contributed by atoms with E-state index in [1.54, 1.807) is 6.20 Å². The summed E-state index contributed by atoms with van der Waals surface area (Å²) in [5.74, 6) is -0.185. The predicted octanol–water partition coefficient (Wildman–Crippen LogP) is 3.20. The molecule has 122 valence electrons. The third kappa shape index (κ3) is 3.12. The van der Waals surface area contributed by atoms with Crippen LogP contribution in [0.2, 0.25) is 0 Å². The Morgan fingerprint density at radius 1 is 1.21 bits per heavy atom. The molecule has 2 N–H and O–H groups in total. The molecule has 0 aliphatic heterocycles. The lowest BCUT2D eigenvalue weighted by molar-refractivity contribution is -0.123. The molecular formula is C19H19N3O2. The number of aromatic nitrogens is 2. The second-order valence-corrected chi connectivity index (χ2v) is 5.78. The minimum absolute atomic E-state index is 0.0490. The van der Waals surface area contributed by atoms with Crippen LogP contribution < -0.4 is 5.73 Å². The molecule has 0 aliphatic rings. The van der Waals surface area contributed by atoms with Crippen molar-refractivity contribution in [3.63, 3.8) is 0 Å². The van der Waals surface area contributed by atoms with E-state index >= 15 is 0 Å². The Morgan fingerprint density at radius 3 is 2.67 bits per heavy atom. The lowest BCUT2D eigenvalue weighted by atomic mass is 9.94. The fourth-order valence-electron chi connectivity index (χ4n) is 2.67. The number of hydrogen-bond donors (Lipinski definition) is 1. The van der Waals surface area contributed by atoms with Crippen molar-refractivity contribution in [3.8, 4) is 11.3 Å². The normalized spacial score (nSPS) is 12.2. The Labute approximate surface area is 140 Å².